The van der Waals surface area contributed by atoms with Crippen molar-refractivity contribution in [2.45, 2.75) is 26.9 Å². The topological polar surface area (TPSA) is 50.8 Å². The van der Waals surface area contributed by atoms with E-state index in [1.165, 1.54) is 17.0 Å². The molecule has 0 saturated carbocycles. The second-order valence-electron chi connectivity index (χ2n) is 6.09. The van der Waals surface area contributed by atoms with Crippen LogP contribution in [0.4, 0.5) is 13.6 Å². The molecule has 0 spiro atoms. The molecule has 2 aromatic carbocycles. The molecule has 0 fully saturated rings. The lowest BCUT2D eigenvalue weighted by Gasteiger charge is -2.19. The molecule has 2 rings (SSSR count). The van der Waals surface area contributed by atoms with Crippen LogP contribution in [0.3, 0.4) is 0 Å². The number of rotatable bonds is 7. The third-order valence-electron chi connectivity index (χ3n) is 4.09. The maximum absolute atomic E-state index is 14.0. The maximum atomic E-state index is 14.0. The Hall–Kier alpha value is -2.83. The summed E-state index contributed by atoms with van der Waals surface area (Å²) < 4.78 is 38.6. The number of carbonyl (C=O) groups is 1. The SMILES string of the molecule is CCOc1cc(CN(C)C(=O)NCc2c(F)ccc(C)c2F)ccc1OC. The van der Waals surface area contributed by atoms with Crippen LogP contribution in [0.15, 0.2) is 30.3 Å². The Labute approximate surface area is 157 Å². The number of hydrogen-bond acceptors (Lipinski definition) is 3. The van der Waals surface area contributed by atoms with Crippen molar-refractivity contribution in [2.75, 3.05) is 20.8 Å². The minimum absolute atomic E-state index is 0.153. The molecule has 0 aliphatic rings. The molecule has 0 atom stereocenters. The van der Waals surface area contributed by atoms with Gasteiger partial charge in [0, 0.05) is 19.2 Å². The second kappa shape index (κ2) is 9.21. The predicted octanol–water partition coefficient (Wildman–Crippen LogP) is 4.02. The van der Waals surface area contributed by atoms with E-state index in [2.05, 4.69) is 5.32 Å². The number of methoxy groups -OCH3 is 1. The fraction of sp³-hybridized carbons (Fsp3) is 0.350. The normalized spacial score (nSPS) is 10.4. The van der Waals surface area contributed by atoms with Gasteiger partial charge in [-0.15, -0.1) is 0 Å². The van der Waals surface area contributed by atoms with Gasteiger partial charge in [0.15, 0.2) is 11.5 Å². The van der Waals surface area contributed by atoms with E-state index >= 15 is 0 Å². The van der Waals surface area contributed by atoms with Crippen LogP contribution in [0.2, 0.25) is 0 Å². The average Bonchev–Trinajstić information content (AvgIpc) is 2.65. The van der Waals surface area contributed by atoms with Crippen molar-refractivity contribution in [1.82, 2.24) is 10.2 Å². The van der Waals surface area contributed by atoms with E-state index < -0.39 is 17.7 Å². The molecule has 0 aliphatic heterocycles. The van der Waals surface area contributed by atoms with E-state index in [1.54, 1.807) is 33.2 Å². The Morgan fingerprint density at radius 3 is 2.59 bits per heavy atom. The van der Waals surface area contributed by atoms with Crippen LogP contribution in [0.1, 0.15) is 23.6 Å². The molecular weight excluding hydrogens is 354 g/mol. The van der Waals surface area contributed by atoms with E-state index in [-0.39, 0.29) is 12.1 Å². The van der Waals surface area contributed by atoms with Crippen LogP contribution < -0.4 is 14.8 Å². The zero-order chi connectivity index (χ0) is 20.0. The number of aryl methyl sites for hydroxylation is 1. The number of urea groups is 1. The van der Waals surface area contributed by atoms with Crippen LogP contribution >= 0.6 is 0 Å². The van der Waals surface area contributed by atoms with Crippen LogP contribution in [0.5, 0.6) is 11.5 Å². The number of carbonyl (C=O) groups excluding carboxylic acids is 1. The summed E-state index contributed by atoms with van der Waals surface area (Å²) in [5, 5.41) is 2.54. The number of benzene rings is 2. The first kappa shape index (κ1) is 20.5. The summed E-state index contributed by atoms with van der Waals surface area (Å²) in [6.45, 7) is 3.98. The van der Waals surface area contributed by atoms with Crippen molar-refractivity contribution < 1.29 is 23.0 Å². The molecule has 0 bridgehead atoms. The van der Waals surface area contributed by atoms with Gasteiger partial charge in [-0.25, -0.2) is 13.6 Å². The Morgan fingerprint density at radius 1 is 1.19 bits per heavy atom. The number of amides is 2. The highest BCUT2D eigenvalue weighted by Crippen LogP contribution is 2.28. The van der Waals surface area contributed by atoms with Gasteiger partial charge in [-0.05, 0) is 43.2 Å². The smallest absolute Gasteiger partial charge is 0.317 e. The maximum Gasteiger partial charge on any atom is 0.317 e. The summed E-state index contributed by atoms with van der Waals surface area (Å²) in [5.74, 6) is -0.125. The largest absolute Gasteiger partial charge is 0.493 e. The summed E-state index contributed by atoms with van der Waals surface area (Å²) in [6, 6.07) is 7.50. The molecule has 5 nitrogen and oxygen atoms in total. The van der Waals surface area contributed by atoms with E-state index in [9.17, 15) is 13.6 Å². The molecule has 2 aromatic rings. The van der Waals surface area contributed by atoms with Gasteiger partial charge in [0.05, 0.1) is 20.3 Å². The fourth-order valence-corrected chi connectivity index (χ4v) is 2.61. The summed E-state index contributed by atoms with van der Waals surface area (Å²) >= 11 is 0. The molecule has 27 heavy (non-hydrogen) atoms. The Morgan fingerprint density at radius 2 is 1.93 bits per heavy atom. The van der Waals surface area contributed by atoms with Crippen molar-refractivity contribution in [3.8, 4) is 11.5 Å². The highest BCUT2D eigenvalue weighted by atomic mass is 19.1. The van der Waals surface area contributed by atoms with Crippen LogP contribution in [-0.4, -0.2) is 31.7 Å². The highest BCUT2D eigenvalue weighted by Gasteiger charge is 2.15. The van der Waals surface area contributed by atoms with Crippen LogP contribution in [0, 0.1) is 18.6 Å². The van der Waals surface area contributed by atoms with E-state index in [4.69, 9.17) is 9.47 Å². The van der Waals surface area contributed by atoms with Crippen LogP contribution in [-0.2, 0) is 13.1 Å². The number of nitrogens with zero attached hydrogens (tertiary/aromatic N) is 1. The van der Waals surface area contributed by atoms with Crippen molar-refractivity contribution in [3.05, 3.63) is 58.7 Å². The summed E-state index contributed by atoms with van der Waals surface area (Å²) in [7, 11) is 3.16. The van der Waals surface area contributed by atoms with Gasteiger partial charge in [0.2, 0.25) is 0 Å². The van der Waals surface area contributed by atoms with Gasteiger partial charge in [0.1, 0.15) is 11.6 Å². The quantitative estimate of drug-likeness (QED) is 0.792. The van der Waals surface area contributed by atoms with Crippen molar-refractivity contribution in [3.63, 3.8) is 0 Å². The molecule has 7 heteroatoms. The highest BCUT2D eigenvalue weighted by molar-refractivity contribution is 5.73. The summed E-state index contributed by atoms with van der Waals surface area (Å²) in [4.78, 5) is 13.7. The first-order valence-corrected chi connectivity index (χ1v) is 8.59. The molecule has 146 valence electrons. The van der Waals surface area contributed by atoms with Crippen molar-refractivity contribution in [1.29, 1.82) is 0 Å². The standard InChI is InChI=1S/C20H24F2N2O3/c1-5-27-18-10-14(7-9-17(18)26-4)12-24(3)20(25)23-11-15-16(21)8-6-13(2)19(15)22/h6-10H,5,11-12H2,1-4H3,(H,23,25). The zero-order valence-electron chi connectivity index (χ0n) is 15.9. The molecule has 0 saturated heterocycles. The van der Waals surface area contributed by atoms with E-state index in [0.717, 1.165) is 5.56 Å². The van der Waals surface area contributed by atoms with Gasteiger partial charge in [-0.3, -0.25) is 0 Å². The van der Waals surface area contributed by atoms with Gasteiger partial charge >= 0.3 is 6.03 Å². The Kier molecular flexibility index (Phi) is 6.98. The molecule has 0 unspecified atom stereocenters. The van der Waals surface area contributed by atoms with E-state index in [1.807, 2.05) is 13.0 Å². The first-order valence-electron chi connectivity index (χ1n) is 8.59. The van der Waals surface area contributed by atoms with Gasteiger partial charge in [-0.1, -0.05) is 12.1 Å². The predicted molar refractivity (Wildman–Crippen MR) is 99.0 cm³/mol. The van der Waals surface area contributed by atoms with Gasteiger partial charge in [-0.2, -0.15) is 0 Å². The minimum atomic E-state index is -0.683. The Bertz CT molecular complexity index is 812. The lowest BCUT2D eigenvalue weighted by atomic mass is 10.1. The second-order valence-corrected chi connectivity index (χ2v) is 6.09. The summed E-state index contributed by atoms with van der Waals surface area (Å²) in [5.41, 5.74) is 1.01. The van der Waals surface area contributed by atoms with Crippen LogP contribution in [0.25, 0.3) is 0 Å². The number of halogens is 2. The third kappa shape index (κ3) is 5.09. The van der Waals surface area contributed by atoms with Gasteiger partial charge in [0.25, 0.3) is 0 Å². The Balaban J connectivity index is 2.02. The summed E-state index contributed by atoms with van der Waals surface area (Å²) in [6.07, 6.45) is 0. The molecule has 0 radical (unpaired) electrons. The fourth-order valence-electron chi connectivity index (χ4n) is 2.61. The van der Waals surface area contributed by atoms with Crippen molar-refractivity contribution in [2.24, 2.45) is 0 Å². The monoisotopic (exact) mass is 378 g/mol. The first-order chi connectivity index (χ1) is 12.9. The zero-order valence-corrected chi connectivity index (χ0v) is 15.9. The minimum Gasteiger partial charge on any atom is -0.493 e. The average molecular weight is 378 g/mol. The number of hydrogen-bond donors (Lipinski definition) is 1. The lowest BCUT2D eigenvalue weighted by Crippen LogP contribution is -2.36. The lowest BCUT2D eigenvalue weighted by molar-refractivity contribution is 0.206. The molecule has 0 aromatic heterocycles. The number of nitrogens with one attached hydrogen (secondary N) is 1. The molecule has 1 N–H and O–H groups in total. The molecule has 0 heterocycles. The molecular formula is C20H24F2N2O3. The van der Waals surface area contributed by atoms with Crippen molar-refractivity contribution >= 4 is 6.03 Å². The van der Waals surface area contributed by atoms with Gasteiger partial charge < -0.3 is 19.7 Å². The number of ether oxygens (including phenoxy) is 2. The molecule has 2 amide bonds. The van der Waals surface area contributed by atoms with E-state index in [0.29, 0.717) is 30.2 Å². The molecule has 0 aliphatic carbocycles. The third-order valence-corrected chi connectivity index (χ3v) is 4.09.